The van der Waals surface area contributed by atoms with Crippen LogP contribution in [0.15, 0.2) is 54.7 Å². The number of benzene rings is 1. The fourth-order valence-corrected chi connectivity index (χ4v) is 3.20. The lowest BCUT2D eigenvalue weighted by atomic mass is 9.75. The molecule has 2 heterocycles. The van der Waals surface area contributed by atoms with Crippen LogP contribution in [-0.2, 0) is 16.6 Å². The minimum absolute atomic E-state index is 0.0548. The van der Waals surface area contributed by atoms with E-state index >= 15 is 0 Å². The average molecular weight is 294 g/mol. The van der Waals surface area contributed by atoms with E-state index in [2.05, 4.69) is 36.2 Å². The first kappa shape index (κ1) is 14.8. The molecule has 1 aliphatic heterocycles. The highest BCUT2D eigenvalue weighted by Gasteiger charge is 2.35. The van der Waals surface area contributed by atoms with Gasteiger partial charge in [0.05, 0.1) is 0 Å². The molecule has 0 bridgehead atoms. The SMILES string of the molecule is C[C@@]1(c2ccccc2)CCC(=O)N(CCc2ccccn2)C1. The number of carbonyl (C=O) groups is 1. The Labute approximate surface area is 132 Å². The van der Waals surface area contributed by atoms with Gasteiger partial charge in [0.25, 0.3) is 0 Å². The van der Waals surface area contributed by atoms with E-state index in [0.717, 1.165) is 31.6 Å². The maximum Gasteiger partial charge on any atom is 0.222 e. The zero-order valence-corrected chi connectivity index (χ0v) is 13.0. The molecule has 0 N–H and O–H groups in total. The van der Waals surface area contributed by atoms with Crippen molar-refractivity contribution in [2.45, 2.75) is 31.6 Å². The van der Waals surface area contributed by atoms with Crippen molar-refractivity contribution in [3.8, 4) is 0 Å². The minimum atomic E-state index is 0.0548. The molecule has 0 spiro atoms. The molecule has 1 aromatic carbocycles. The van der Waals surface area contributed by atoms with E-state index in [-0.39, 0.29) is 11.3 Å². The Morgan fingerprint density at radius 3 is 2.64 bits per heavy atom. The molecule has 1 amide bonds. The third kappa shape index (κ3) is 3.19. The molecule has 0 saturated carbocycles. The molecule has 1 aliphatic rings. The van der Waals surface area contributed by atoms with Gasteiger partial charge in [-0.3, -0.25) is 9.78 Å². The van der Waals surface area contributed by atoms with E-state index < -0.39 is 0 Å². The highest BCUT2D eigenvalue weighted by atomic mass is 16.2. The summed E-state index contributed by atoms with van der Waals surface area (Å²) in [6, 6.07) is 16.5. The molecule has 3 rings (SSSR count). The Morgan fingerprint density at radius 2 is 1.91 bits per heavy atom. The summed E-state index contributed by atoms with van der Waals surface area (Å²) in [6.45, 7) is 3.81. The maximum atomic E-state index is 12.2. The smallest absolute Gasteiger partial charge is 0.222 e. The molecule has 1 aromatic heterocycles. The number of nitrogens with zero attached hydrogens (tertiary/aromatic N) is 2. The van der Waals surface area contributed by atoms with Gasteiger partial charge >= 0.3 is 0 Å². The second-order valence-electron chi connectivity index (χ2n) is 6.31. The summed E-state index contributed by atoms with van der Waals surface area (Å²) < 4.78 is 0. The summed E-state index contributed by atoms with van der Waals surface area (Å²) in [6.07, 6.45) is 4.18. The second-order valence-corrected chi connectivity index (χ2v) is 6.31. The van der Waals surface area contributed by atoms with Gasteiger partial charge in [0, 0.05) is 43.2 Å². The number of likely N-dealkylation sites (tertiary alicyclic amines) is 1. The molecule has 1 atom stereocenters. The Balaban J connectivity index is 1.70. The number of amides is 1. The zero-order valence-electron chi connectivity index (χ0n) is 13.0. The predicted molar refractivity (Wildman–Crippen MR) is 87.5 cm³/mol. The maximum absolute atomic E-state index is 12.2. The Kier molecular flexibility index (Phi) is 4.23. The number of carbonyl (C=O) groups excluding carboxylic acids is 1. The first-order valence-corrected chi connectivity index (χ1v) is 7.91. The van der Waals surface area contributed by atoms with Gasteiger partial charge in [-0.25, -0.2) is 0 Å². The van der Waals surface area contributed by atoms with Gasteiger partial charge in [-0.05, 0) is 24.1 Å². The minimum Gasteiger partial charge on any atom is -0.341 e. The van der Waals surface area contributed by atoms with Gasteiger partial charge in [0.2, 0.25) is 5.91 Å². The van der Waals surface area contributed by atoms with Crippen molar-refractivity contribution in [1.29, 1.82) is 0 Å². The number of hydrogen-bond acceptors (Lipinski definition) is 2. The van der Waals surface area contributed by atoms with Crippen molar-refractivity contribution in [2.24, 2.45) is 0 Å². The normalized spacial score (nSPS) is 21.9. The van der Waals surface area contributed by atoms with E-state index in [0.29, 0.717) is 6.42 Å². The van der Waals surface area contributed by atoms with Crippen molar-refractivity contribution in [3.63, 3.8) is 0 Å². The van der Waals surface area contributed by atoms with Gasteiger partial charge in [-0.2, -0.15) is 0 Å². The van der Waals surface area contributed by atoms with Gasteiger partial charge in [0.1, 0.15) is 0 Å². The van der Waals surface area contributed by atoms with E-state index in [9.17, 15) is 4.79 Å². The van der Waals surface area contributed by atoms with Crippen LogP contribution >= 0.6 is 0 Å². The highest BCUT2D eigenvalue weighted by molar-refractivity contribution is 5.77. The quantitative estimate of drug-likeness (QED) is 0.867. The fraction of sp³-hybridized carbons (Fsp3) is 0.368. The fourth-order valence-electron chi connectivity index (χ4n) is 3.20. The molecule has 114 valence electrons. The van der Waals surface area contributed by atoms with Gasteiger partial charge in [0.15, 0.2) is 0 Å². The first-order valence-electron chi connectivity index (χ1n) is 7.91. The Hall–Kier alpha value is -2.16. The number of aromatic nitrogens is 1. The van der Waals surface area contributed by atoms with Gasteiger partial charge < -0.3 is 4.90 Å². The van der Waals surface area contributed by atoms with Crippen LogP contribution in [0.1, 0.15) is 31.0 Å². The molecular formula is C19H22N2O. The summed E-state index contributed by atoms with van der Waals surface area (Å²) in [4.78, 5) is 18.6. The van der Waals surface area contributed by atoms with Crippen LogP contribution in [0.4, 0.5) is 0 Å². The van der Waals surface area contributed by atoms with Crippen molar-refractivity contribution >= 4 is 5.91 Å². The number of pyridine rings is 1. The lowest BCUT2D eigenvalue weighted by Gasteiger charge is -2.40. The zero-order chi connectivity index (χ0) is 15.4. The molecule has 1 saturated heterocycles. The second kappa shape index (κ2) is 6.30. The standard InChI is InChI=1S/C19H22N2O/c1-19(16-7-3-2-4-8-16)12-10-18(22)21(15-19)14-11-17-9-5-6-13-20-17/h2-9,13H,10-12,14-15H2,1H3/t19-/m1/s1. The Bertz CT molecular complexity index is 626. The van der Waals surface area contributed by atoms with Crippen LogP contribution in [0.25, 0.3) is 0 Å². The molecule has 1 fully saturated rings. The van der Waals surface area contributed by atoms with Crippen LogP contribution in [0.2, 0.25) is 0 Å². The molecule has 0 radical (unpaired) electrons. The summed E-state index contributed by atoms with van der Waals surface area (Å²) in [5.41, 5.74) is 2.42. The van der Waals surface area contributed by atoms with Crippen LogP contribution in [0, 0.1) is 0 Å². The molecule has 3 heteroatoms. The van der Waals surface area contributed by atoms with Crippen LogP contribution in [0.5, 0.6) is 0 Å². The lowest BCUT2D eigenvalue weighted by molar-refractivity contribution is -0.135. The third-order valence-corrected chi connectivity index (χ3v) is 4.62. The molecule has 0 aliphatic carbocycles. The van der Waals surface area contributed by atoms with E-state index in [4.69, 9.17) is 0 Å². The summed E-state index contributed by atoms with van der Waals surface area (Å²) >= 11 is 0. The summed E-state index contributed by atoms with van der Waals surface area (Å²) in [7, 11) is 0. The predicted octanol–water partition coefficient (Wildman–Crippen LogP) is 3.20. The largest absolute Gasteiger partial charge is 0.341 e. The van der Waals surface area contributed by atoms with Crippen LogP contribution in [0.3, 0.4) is 0 Å². The van der Waals surface area contributed by atoms with Crippen molar-refractivity contribution < 1.29 is 4.79 Å². The van der Waals surface area contributed by atoms with Crippen molar-refractivity contribution in [3.05, 3.63) is 66.0 Å². The van der Waals surface area contributed by atoms with E-state index in [1.165, 1.54) is 5.56 Å². The number of piperidine rings is 1. The molecule has 2 aromatic rings. The molecule has 22 heavy (non-hydrogen) atoms. The van der Waals surface area contributed by atoms with Crippen molar-refractivity contribution in [1.82, 2.24) is 9.88 Å². The van der Waals surface area contributed by atoms with E-state index in [1.807, 2.05) is 29.2 Å². The summed E-state index contributed by atoms with van der Waals surface area (Å²) in [5, 5.41) is 0. The van der Waals surface area contributed by atoms with E-state index in [1.54, 1.807) is 6.20 Å². The van der Waals surface area contributed by atoms with Crippen molar-refractivity contribution in [2.75, 3.05) is 13.1 Å². The number of rotatable bonds is 4. The molecule has 3 nitrogen and oxygen atoms in total. The molecule has 0 unspecified atom stereocenters. The highest BCUT2D eigenvalue weighted by Crippen LogP contribution is 2.34. The topological polar surface area (TPSA) is 33.2 Å². The van der Waals surface area contributed by atoms with Gasteiger partial charge in [-0.15, -0.1) is 0 Å². The first-order chi connectivity index (χ1) is 10.7. The van der Waals surface area contributed by atoms with Crippen LogP contribution in [-0.4, -0.2) is 28.9 Å². The number of hydrogen-bond donors (Lipinski definition) is 0. The van der Waals surface area contributed by atoms with Gasteiger partial charge in [-0.1, -0.05) is 43.3 Å². The molecular weight excluding hydrogens is 272 g/mol. The lowest BCUT2D eigenvalue weighted by Crippen LogP contribution is -2.48. The average Bonchev–Trinajstić information content (AvgIpc) is 2.58. The third-order valence-electron chi connectivity index (χ3n) is 4.62. The Morgan fingerprint density at radius 1 is 1.14 bits per heavy atom. The van der Waals surface area contributed by atoms with Crippen LogP contribution < -0.4 is 0 Å². The monoisotopic (exact) mass is 294 g/mol. The summed E-state index contributed by atoms with van der Waals surface area (Å²) in [5.74, 6) is 0.268.